The van der Waals surface area contributed by atoms with Crippen molar-refractivity contribution in [1.82, 2.24) is 4.90 Å². The van der Waals surface area contributed by atoms with E-state index in [0.29, 0.717) is 0 Å². The van der Waals surface area contributed by atoms with Crippen molar-refractivity contribution in [2.45, 2.75) is 32.2 Å². The van der Waals surface area contributed by atoms with Crippen molar-refractivity contribution >= 4 is 0 Å². The maximum absolute atomic E-state index is 6.23. The fourth-order valence-corrected chi connectivity index (χ4v) is 2.04. The monoisotopic (exact) mass is 250 g/mol. The summed E-state index contributed by atoms with van der Waals surface area (Å²) < 4.78 is 5.22. The highest BCUT2D eigenvalue weighted by atomic mass is 16.5. The van der Waals surface area contributed by atoms with Crippen LogP contribution in [0.3, 0.4) is 0 Å². The minimum Gasteiger partial charge on any atom is -0.497 e. The molecule has 1 unspecified atom stereocenters. The number of unbranched alkanes of at least 4 members (excludes halogenated alkanes) is 2. The van der Waals surface area contributed by atoms with Crippen LogP contribution in [0.25, 0.3) is 0 Å². The summed E-state index contributed by atoms with van der Waals surface area (Å²) >= 11 is 0. The summed E-state index contributed by atoms with van der Waals surface area (Å²) in [7, 11) is 3.82. The second-order valence-corrected chi connectivity index (χ2v) is 4.85. The Kier molecular flexibility index (Phi) is 6.76. The molecule has 18 heavy (non-hydrogen) atoms. The first kappa shape index (κ1) is 15.0. The topological polar surface area (TPSA) is 38.5 Å². The first-order chi connectivity index (χ1) is 8.67. The lowest BCUT2D eigenvalue weighted by molar-refractivity contribution is 0.305. The van der Waals surface area contributed by atoms with Crippen LogP contribution in [0, 0.1) is 0 Å². The van der Waals surface area contributed by atoms with Crippen LogP contribution in [0.15, 0.2) is 24.3 Å². The predicted octanol–water partition coefficient (Wildman–Crippen LogP) is 2.82. The molecule has 0 aliphatic rings. The van der Waals surface area contributed by atoms with Crippen LogP contribution in [0.1, 0.15) is 37.8 Å². The number of nitrogens with zero attached hydrogens (tertiary/aromatic N) is 1. The molecule has 3 nitrogen and oxygen atoms in total. The predicted molar refractivity (Wildman–Crippen MR) is 76.9 cm³/mol. The van der Waals surface area contributed by atoms with Gasteiger partial charge >= 0.3 is 0 Å². The highest BCUT2D eigenvalue weighted by molar-refractivity contribution is 5.30. The average molecular weight is 250 g/mol. The van der Waals surface area contributed by atoms with Crippen molar-refractivity contribution in [3.8, 4) is 5.75 Å². The maximum atomic E-state index is 6.23. The van der Waals surface area contributed by atoms with Crippen molar-refractivity contribution in [3.05, 3.63) is 29.8 Å². The molecule has 0 aromatic heterocycles. The second kappa shape index (κ2) is 8.11. The lowest BCUT2D eigenvalue weighted by Crippen LogP contribution is -2.29. The van der Waals surface area contributed by atoms with Crippen molar-refractivity contribution in [3.63, 3.8) is 0 Å². The molecule has 0 amide bonds. The summed E-state index contributed by atoms with van der Waals surface area (Å²) in [5.74, 6) is 0.872. The number of rotatable bonds is 8. The standard InChI is InChI=1S/C15H26N2O/c1-4-5-6-10-17(2)12-15(16)13-8-7-9-14(11-13)18-3/h7-9,11,15H,4-6,10,12,16H2,1-3H3. The van der Waals surface area contributed by atoms with Crippen molar-refractivity contribution in [2.75, 3.05) is 27.2 Å². The number of nitrogens with two attached hydrogens (primary N) is 1. The summed E-state index contributed by atoms with van der Waals surface area (Å²) in [5.41, 5.74) is 7.36. The van der Waals surface area contributed by atoms with Crippen LogP contribution in [0.4, 0.5) is 0 Å². The van der Waals surface area contributed by atoms with E-state index in [-0.39, 0.29) is 6.04 Å². The van der Waals surface area contributed by atoms with Gasteiger partial charge in [-0.3, -0.25) is 0 Å². The molecule has 3 heteroatoms. The van der Waals surface area contributed by atoms with Gasteiger partial charge in [0.2, 0.25) is 0 Å². The van der Waals surface area contributed by atoms with E-state index < -0.39 is 0 Å². The van der Waals surface area contributed by atoms with Gasteiger partial charge in [0.15, 0.2) is 0 Å². The Balaban J connectivity index is 2.45. The molecular formula is C15H26N2O. The molecule has 0 radical (unpaired) electrons. The zero-order chi connectivity index (χ0) is 13.4. The van der Waals surface area contributed by atoms with Crippen molar-refractivity contribution < 1.29 is 4.74 Å². The molecular weight excluding hydrogens is 224 g/mol. The van der Waals surface area contributed by atoms with Gasteiger partial charge in [0.1, 0.15) is 5.75 Å². The van der Waals surface area contributed by atoms with E-state index in [9.17, 15) is 0 Å². The molecule has 1 rings (SSSR count). The number of ether oxygens (including phenoxy) is 1. The van der Waals surface area contributed by atoms with Crippen molar-refractivity contribution in [2.24, 2.45) is 5.73 Å². The molecule has 0 saturated heterocycles. The summed E-state index contributed by atoms with van der Waals surface area (Å²) in [4.78, 5) is 2.31. The van der Waals surface area contributed by atoms with E-state index in [4.69, 9.17) is 10.5 Å². The first-order valence-electron chi connectivity index (χ1n) is 6.75. The van der Waals surface area contributed by atoms with E-state index in [1.807, 2.05) is 18.2 Å². The molecule has 1 aromatic rings. The molecule has 102 valence electrons. The molecule has 2 N–H and O–H groups in total. The molecule has 0 aliphatic carbocycles. The van der Waals surface area contributed by atoms with Crippen LogP contribution in [0.5, 0.6) is 5.75 Å². The fourth-order valence-electron chi connectivity index (χ4n) is 2.04. The summed E-state index contributed by atoms with van der Waals surface area (Å²) in [5, 5.41) is 0. The highest BCUT2D eigenvalue weighted by Gasteiger charge is 2.09. The lowest BCUT2D eigenvalue weighted by Gasteiger charge is -2.21. The Hall–Kier alpha value is -1.06. The van der Waals surface area contributed by atoms with Crippen LogP contribution in [0.2, 0.25) is 0 Å². The highest BCUT2D eigenvalue weighted by Crippen LogP contribution is 2.18. The summed E-state index contributed by atoms with van der Waals surface area (Å²) in [6.07, 6.45) is 3.80. The minimum absolute atomic E-state index is 0.0479. The Labute approximate surface area is 111 Å². The second-order valence-electron chi connectivity index (χ2n) is 4.85. The quantitative estimate of drug-likeness (QED) is 0.721. The molecule has 0 fully saturated rings. The molecule has 0 spiro atoms. The van der Waals surface area contributed by atoms with Gasteiger partial charge in [-0.25, -0.2) is 0 Å². The van der Waals surface area contributed by atoms with Gasteiger partial charge in [-0.1, -0.05) is 31.9 Å². The minimum atomic E-state index is 0.0479. The average Bonchev–Trinajstić information content (AvgIpc) is 2.39. The molecule has 0 aliphatic heterocycles. The number of likely N-dealkylation sites (N-methyl/N-ethyl adjacent to an activating group) is 1. The fraction of sp³-hybridized carbons (Fsp3) is 0.600. The van der Waals surface area contributed by atoms with Gasteiger partial charge in [0.05, 0.1) is 7.11 Å². The Morgan fingerprint density at radius 2 is 2.11 bits per heavy atom. The number of methoxy groups -OCH3 is 1. The maximum Gasteiger partial charge on any atom is 0.119 e. The molecule has 0 heterocycles. The van der Waals surface area contributed by atoms with Gasteiger partial charge < -0.3 is 15.4 Å². The lowest BCUT2D eigenvalue weighted by atomic mass is 10.1. The third kappa shape index (κ3) is 5.07. The molecule has 0 saturated carbocycles. The van der Waals surface area contributed by atoms with E-state index in [0.717, 1.165) is 24.4 Å². The van der Waals surface area contributed by atoms with Crippen LogP contribution < -0.4 is 10.5 Å². The van der Waals surface area contributed by atoms with Crippen molar-refractivity contribution in [1.29, 1.82) is 0 Å². The van der Waals surface area contributed by atoms with E-state index in [2.05, 4.69) is 24.9 Å². The smallest absolute Gasteiger partial charge is 0.119 e. The number of hydrogen-bond donors (Lipinski definition) is 1. The van der Waals surface area contributed by atoms with E-state index in [1.165, 1.54) is 19.3 Å². The molecule has 1 aromatic carbocycles. The van der Waals surface area contributed by atoms with Gasteiger partial charge in [-0.15, -0.1) is 0 Å². The summed E-state index contributed by atoms with van der Waals surface area (Å²) in [6, 6.07) is 8.07. The Bertz CT molecular complexity index is 341. The van der Waals surface area contributed by atoms with Crippen LogP contribution in [-0.2, 0) is 0 Å². The Morgan fingerprint density at radius 1 is 1.33 bits per heavy atom. The number of hydrogen-bond acceptors (Lipinski definition) is 3. The molecule has 1 atom stereocenters. The van der Waals surface area contributed by atoms with E-state index in [1.54, 1.807) is 7.11 Å². The van der Waals surface area contributed by atoms with Gasteiger partial charge in [0.25, 0.3) is 0 Å². The first-order valence-corrected chi connectivity index (χ1v) is 6.75. The normalized spacial score (nSPS) is 12.7. The van der Waals surface area contributed by atoms with E-state index >= 15 is 0 Å². The SMILES string of the molecule is CCCCCN(C)CC(N)c1cccc(OC)c1. The zero-order valence-electron chi connectivity index (χ0n) is 11.9. The number of benzene rings is 1. The van der Waals surface area contributed by atoms with Gasteiger partial charge in [0, 0.05) is 12.6 Å². The van der Waals surface area contributed by atoms with Crippen LogP contribution in [-0.4, -0.2) is 32.1 Å². The largest absolute Gasteiger partial charge is 0.497 e. The van der Waals surface area contributed by atoms with Crippen LogP contribution >= 0.6 is 0 Å². The zero-order valence-corrected chi connectivity index (χ0v) is 11.9. The third-order valence-electron chi connectivity index (χ3n) is 3.17. The molecule has 0 bridgehead atoms. The third-order valence-corrected chi connectivity index (χ3v) is 3.17. The summed E-state index contributed by atoms with van der Waals surface area (Å²) in [6.45, 7) is 4.23. The Morgan fingerprint density at radius 3 is 2.78 bits per heavy atom. The van der Waals surface area contributed by atoms with Gasteiger partial charge in [-0.05, 0) is 37.7 Å². The van der Waals surface area contributed by atoms with Gasteiger partial charge in [-0.2, -0.15) is 0 Å².